The minimum Gasteiger partial charge on any atom is -0.476 e. The van der Waals surface area contributed by atoms with Crippen molar-refractivity contribution in [2.45, 2.75) is 13.8 Å². The molecule has 0 atom stereocenters. The highest BCUT2D eigenvalue weighted by molar-refractivity contribution is 7.15. The zero-order chi connectivity index (χ0) is 13.6. The average Bonchev–Trinajstić information content (AvgIpc) is 2.91. The molecule has 0 aliphatic rings. The Kier molecular flexibility index (Phi) is 2.60. The summed E-state index contributed by atoms with van der Waals surface area (Å²) in [6.07, 6.45) is 0. The number of aryl methyl sites for hydroxylation is 2. The van der Waals surface area contributed by atoms with Crippen molar-refractivity contribution in [2.24, 2.45) is 0 Å². The van der Waals surface area contributed by atoms with Crippen molar-refractivity contribution in [3.8, 4) is 11.4 Å². The van der Waals surface area contributed by atoms with Gasteiger partial charge in [0.25, 0.3) is 0 Å². The highest BCUT2D eigenvalue weighted by Crippen LogP contribution is 2.24. The Balaban J connectivity index is 2.21. The smallest absolute Gasteiger partial charge is 0.355 e. The molecule has 0 fully saturated rings. The quantitative estimate of drug-likeness (QED) is 0.779. The molecular weight excluding hydrogens is 262 g/mol. The maximum atomic E-state index is 11.1. The van der Waals surface area contributed by atoms with Gasteiger partial charge < -0.3 is 5.11 Å². The molecule has 1 aromatic carbocycles. The zero-order valence-electron chi connectivity index (χ0n) is 10.4. The molecule has 1 N–H and O–H groups in total. The number of carbonyl (C=O) groups is 1. The summed E-state index contributed by atoms with van der Waals surface area (Å²) in [5.41, 5.74) is 3.27. The first kappa shape index (κ1) is 11.9. The summed E-state index contributed by atoms with van der Waals surface area (Å²) in [5, 5.41) is 14.9. The van der Waals surface area contributed by atoms with Gasteiger partial charge >= 0.3 is 5.97 Å². The Labute approximate surface area is 113 Å². The third kappa shape index (κ3) is 1.90. The van der Waals surface area contributed by atoms with Crippen molar-refractivity contribution >= 4 is 22.3 Å². The molecule has 0 spiro atoms. The van der Waals surface area contributed by atoms with Crippen LogP contribution < -0.4 is 0 Å². The van der Waals surface area contributed by atoms with Crippen molar-refractivity contribution in [3.05, 3.63) is 40.4 Å². The fraction of sp³-hybridized carbons (Fsp3) is 0.154. The lowest BCUT2D eigenvalue weighted by Crippen LogP contribution is -2.02. The lowest BCUT2D eigenvalue weighted by atomic mass is 10.1. The highest BCUT2D eigenvalue weighted by Gasteiger charge is 2.16. The van der Waals surface area contributed by atoms with Crippen LogP contribution in [0.2, 0.25) is 0 Å². The van der Waals surface area contributed by atoms with E-state index in [0.29, 0.717) is 10.8 Å². The number of carboxylic acids is 1. The van der Waals surface area contributed by atoms with E-state index >= 15 is 0 Å². The summed E-state index contributed by atoms with van der Waals surface area (Å²) in [4.78, 5) is 16.0. The molecule has 19 heavy (non-hydrogen) atoms. The lowest BCUT2D eigenvalue weighted by molar-refractivity contribution is 0.0688. The fourth-order valence-electron chi connectivity index (χ4n) is 1.92. The molecule has 96 valence electrons. The van der Waals surface area contributed by atoms with E-state index in [2.05, 4.69) is 10.1 Å². The highest BCUT2D eigenvalue weighted by atomic mass is 32.1. The molecule has 3 rings (SSSR count). The predicted molar refractivity (Wildman–Crippen MR) is 72.7 cm³/mol. The van der Waals surface area contributed by atoms with Gasteiger partial charge in [0, 0.05) is 10.9 Å². The van der Waals surface area contributed by atoms with Crippen molar-refractivity contribution < 1.29 is 9.90 Å². The second-order valence-corrected chi connectivity index (χ2v) is 5.21. The number of hydrogen-bond acceptors (Lipinski definition) is 4. The summed E-state index contributed by atoms with van der Waals surface area (Å²) in [7, 11) is 0. The van der Waals surface area contributed by atoms with Crippen LogP contribution in [-0.2, 0) is 0 Å². The van der Waals surface area contributed by atoms with Gasteiger partial charge in [0.15, 0.2) is 11.5 Å². The normalized spacial score (nSPS) is 11.1. The van der Waals surface area contributed by atoms with Gasteiger partial charge in [0.1, 0.15) is 0 Å². The van der Waals surface area contributed by atoms with Crippen LogP contribution in [0.15, 0.2) is 23.6 Å². The molecule has 0 bridgehead atoms. The van der Waals surface area contributed by atoms with Crippen molar-refractivity contribution in [1.29, 1.82) is 0 Å². The molecule has 0 saturated carbocycles. The van der Waals surface area contributed by atoms with Gasteiger partial charge in [-0.1, -0.05) is 17.7 Å². The van der Waals surface area contributed by atoms with Gasteiger partial charge in [-0.25, -0.2) is 4.79 Å². The molecule has 2 heterocycles. The van der Waals surface area contributed by atoms with Crippen LogP contribution in [0.1, 0.15) is 21.6 Å². The molecule has 5 nitrogen and oxygen atoms in total. The van der Waals surface area contributed by atoms with E-state index in [4.69, 9.17) is 5.11 Å². The monoisotopic (exact) mass is 273 g/mol. The summed E-state index contributed by atoms with van der Waals surface area (Å²) in [6.45, 7) is 3.99. The number of nitrogens with zero attached hydrogens (tertiary/aromatic N) is 3. The molecule has 3 aromatic rings. The minimum atomic E-state index is -0.997. The second kappa shape index (κ2) is 4.17. The largest absolute Gasteiger partial charge is 0.476 e. The van der Waals surface area contributed by atoms with Gasteiger partial charge in [-0.2, -0.15) is 9.50 Å². The van der Waals surface area contributed by atoms with Crippen LogP contribution in [0.3, 0.4) is 0 Å². The predicted octanol–water partition coefficient (Wildman–Crippen LogP) is 2.77. The Morgan fingerprint density at radius 1 is 1.37 bits per heavy atom. The maximum Gasteiger partial charge on any atom is 0.355 e. The van der Waals surface area contributed by atoms with Crippen molar-refractivity contribution in [3.63, 3.8) is 0 Å². The van der Waals surface area contributed by atoms with Gasteiger partial charge in [0.05, 0.1) is 0 Å². The second-order valence-electron chi connectivity index (χ2n) is 4.37. The van der Waals surface area contributed by atoms with Gasteiger partial charge in [-0.15, -0.1) is 16.4 Å². The summed E-state index contributed by atoms with van der Waals surface area (Å²) < 4.78 is 1.38. The molecule has 0 aliphatic heterocycles. The lowest BCUT2D eigenvalue weighted by Gasteiger charge is -2.02. The summed E-state index contributed by atoms with van der Waals surface area (Å²) in [6, 6.07) is 6.05. The maximum absolute atomic E-state index is 11.1. The number of thiazole rings is 1. The van der Waals surface area contributed by atoms with E-state index < -0.39 is 5.97 Å². The number of fused-ring (bicyclic) bond motifs is 1. The molecule has 0 saturated heterocycles. The third-order valence-corrected chi connectivity index (χ3v) is 3.75. The van der Waals surface area contributed by atoms with Crippen LogP contribution in [-0.4, -0.2) is 25.7 Å². The molecule has 0 aliphatic carbocycles. The van der Waals surface area contributed by atoms with E-state index in [0.717, 1.165) is 16.7 Å². The summed E-state index contributed by atoms with van der Waals surface area (Å²) >= 11 is 1.28. The number of rotatable bonds is 2. The molecule has 0 amide bonds. The van der Waals surface area contributed by atoms with E-state index in [1.165, 1.54) is 15.9 Å². The van der Waals surface area contributed by atoms with Crippen LogP contribution in [0, 0.1) is 13.8 Å². The SMILES string of the molecule is Cc1ccc(C)c(-c2nc3scc(C(=O)O)n3n2)c1. The number of aromatic nitrogens is 3. The van der Waals surface area contributed by atoms with Gasteiger partial charge in [0.2, 0.25) is 4.96 Å². The van der Waals surface area contributed by atoms with E-state index in [9.17, 15) is 4.79 Å². The number of carboxylic acid groups (broad SMARTS) is 1. The average molecular weight is 273 g/mol. The first-order valence-electron chi connectivity index (χ1n) is 5.71. The van der Waals surface area contributed by atoms with Crippen LogP contribution in [0.5, 0.6) is 0 Å². The fourth-order valence-corrected chi connectivity index (χ4v) is 2.72. The Hall–Kier alpha value is -2.21. The van der Waals surface area contributed by atoms with Crippen LogP contribution in [0.4, 0.5) is 0 Å². The Morgan fingerprint density at radius 3 is 2.89 bits per heavy atom. The Bertz CT molecular complexity index is 788. The van der Waals surface area contributed by atoms with Gasteiger partial charge in [-0.3, -0.25) is 0 Å². The van der Waals surface area contributed by atoms with E-state index in [1.54, 1.807) is 5.38 Å². The number of hydrogen-bond donors (Lipinski definition) is 1. The minimum absolute atomic E-state index is 0.143. The first-order valence-corrected chi connectivity index (χ1v) is 6.59. The number of aromatic carboxylic acids is 1. The molecule has 6 heteroatoms. The summed E-state index contributed by atoms with van der Waals surface area (Å²) in [5.74, 6) is -0.431. The molecule has 0 unspecified atom stereocenters. The van der Waals surface area contributed by atoms with Gasteiger partial charge in [-0.05, 0) is 25.5 Å². The third-order valence-electron chi connectivity index (χ3n) is 2.93. The van der Waals surface area contributed by atoms with Crippen molar-refractivity contribution in [2.75, 3.05) is 0 Å². The Morgan fingerprint density at radius 2 is 2.16 bits per heavy atom. The topological polar surface area (TPSA) is 67.5 Å². The van der Waals surface area contributed by atoms with Crippen LogP contribution >= 0.6 is 11.3 Å². The van der Waals surface area contributed by atoms with Crippen LogP contribution in [0.25, 0.3) is 16.3 Å². The molecular formula is C13H11N3O2S. The number of benzene rings is 1. The van der Waals surface area contributed by atoms with E-state index in [-0.39, 0.29) is 5.69 Å². The first-order chi connectivity index (χ1) is 9.06. The molecule has 2 aromatic heterocycles. The van der Waals surface area contributed by atoms with E-state index in [1.807, 2.05) is 32.0 Å². The standard InChI is InChI=1S/C13H11N3O2S/c1-7-3-4-8(2)9(5-7)11-14-13-16(15-11)10(6-19-13)12(17)18/h3-6H,1-2H3,(H,17,18). The van der Waals surface area contributed by atoms with Crippen molar-refractivity contribution in [1.82, 2.24) is 14.6 Å². The molecule has 0 radical (unpaired) electrons. The zero-order valence-corrected chi connectivity index (χ0v) is 11.2.